The topological polar surface area (TPSA) is 158 Å². The molecule has 0 unspecified atom stereocenters. The average molecular weight is 894 g/mol. The number of hydrogen-bond donors (Lipinski definition) is 2. The van der Waals surface area contributed by atoms with E-state index in [1.165, 1.54) is 25.1 Å². The number of sulfonamides is 1. The predicted molar refractivity (Wildman–Crippen MR) is 215 cm³/mol. The van der Waals surface area contributed by atoms with Gasteiger partial charge in [0.25, 0.3) is 18.4 Å². The first-order valence-corrected chi connectivity index (χ1v) is 21.0. The van der Waals surface area contributed by atoms with Gasteiger partial charge in [-0.2, -0.15) is 10.2 Å². The highest BCUT2D eigenvalue weighted by atomic mass is 35.5. The smallest absolute Gasteiger partial charge is 0.282 e. The molecule has 0 radical (unpaired) electrons. The number of rotatable bonds is 13. The van der Waals surface area contributed by atoms with Gasteiger partial charge in [-0.3, -0.25) is 28.2 Å². The van der Waals surface area contributed by atoms with Crippen LogP contribution in [0.3, 0.4) is 0 Å². The van der Waals surface area contributed by atoms with E-state index in [0.717, 1.165) is 38.4 Å². The molecule has 0 bridgehead atoms. The number of morpholine rings is 1. The molecule has 3 aromatic heterocycles. The SMILES string of the molecule is Cc1cc(C(F)F)nn1CC(=O)N[C@@H](Cc1cc(F)cc(F)c1)c1nc2cc(N3C[C@@H](C)O[C@@H](C)C3)ccc2c(=O)n1-c1ccc(Cl)c2c(NS(C)(=O)=O)nn(CC(F)F)c12. The van der Waals surface area contributed by atoms with E-state index in [-0.39, 0.29) is 61.8 Å². The Labute approximate surface area is 349 Å². The van der Waals surface area contributed by atoms with Gasteiger partial charge < -0.3 is 15.0 Å². The van der Waals surface area contributed by atoms with Gasteiger partial charge in [0.2, 0.25) is 15.9 Å². The van der Waals surface area contributed by atoms with Crippen molar-refractivity contribution in [3.8, 4) is 5.69 Å². The molecule has 7 rings (SSSR count). The van der Waals surface area contributed by atoms with E-state index >= 15 is 4.79 Å². The van der Waals surface area contributed by atoms with Gasteiger partial charge >= 0.3 is 0 Å². The van der Waals surface area contributed by atoms with E-state index in [1.807, 2.05) is 18.7 Å². The molecule has 3 aromatic carbocycles. The summed E-state index contributed by atoms with van der Waals surface area (Å²) in [5, 5.41) is 10.4. The summed E-state index contributed by atoms with van der Waals surface area (Å²) in [6.07, 6.45) is -5.89. The number of ether oxygens (including phenoxy) is 1. The zero-order valence-corrected chi connectivity index (χ0v) is 34.4. The number of aryl methyl sites for hydroxylation is 1. The molecule has 1 aliphatic heterocycles. The Morgan fingerprint density at radius 2 is 1.66 bits per heavy atom. The van der Waals surface area contributed by atoms with Crippen molar-refractivity contribution in [3.63, 3.8) is 0 Å². The second-order valence-electron chi connectivity index (χ2n) is 14.8. The molecule has 1 fully saturated rings. The quantitative estimate of drug-likeness (QED) is 0.124. The molecule has 1 saturated heterocycles. The van der Waals surface area contributed by atoms with Crippen LogP contribution >= 0.6 is 11.6 Å². The van der Waals surface area contributed by atoms with Crippen molar-refractivity contribution in [2.75, 3.05) is 29.0 Å². The highest BCUT2D eigenvalue weighted by molar-refractivity contribution is 7.92. The van der Waals surface area contributed by atoms with Gasteiger partial charge in [-0.15, -0.1) is 0 Å². The summed E-state index contributed by atoms with van der Waals surface area (Å²) in [5.74, 6) is -3.47. The highest BCUT2D eigenvalue weighted by Crippen LogP contribution is 2.37. The summed E-state index contributed by atoms with van der Waals surface area (Å²) >= 11 is 6.59. The largest absolute Gasteiger partial charge is 0.372 e. The van der Waals surface area contributed by atoms with Crippen molar-refractivity contribution in [3.05, 3.63) is 104 Å². The molecule has 14 nitrogen and oxygen atoms in total. The van der Waals surface area contributed by atoms with Crippen molar-refractivity contribution < 1.29 is 44.3 Å². The van der Waals surface area contributed by atoms with Gasteiger partial charge in [0.05, 0.1) is 57.0 Å². The molecule has 1 aliphatic rings. The molecule has 4 heterocycles. The number of aromatic nitrogens is 6. The molecule has 0 saturated carbocycles. The van der Waals surface area contributed by atoms with E-state index in [4.69, 9.17) is 21.3 Å². The predicted octanol–water partition coefficient (Wildman–Crippen LogP) is 6.46. The molecule has 61 heavy (non-hydrogen) atoms. The lowest BCUT2D eigenvalue weighted by atomic mass is 10.0. The van der Waals surface area contributed by atoms with Crippen LogP contribution in [0, 0.1) is 18.6 Å². The van der Waals surface area contributed by atoms with E-state index in [2.05, 4.69) is 20.2 Å². The number of amides is 1. The van der Waals surface area contributed by atoms with Crippen LogP contribution < -0.4 is 20.5 Å². The van der Waals surface area contributed by atoms with Crippen molar-refractivity contribution >= 4 is 60.8 Å². The van der Waals surface area contributed by atoms with E-state index in [0.29, 0.717) is 24.8 Å². The number of nitrogens with one attached hydrogen (secondary N) is 2. The van der Waals surface area contributed by atoms with E-state index in [9.17, 15) is 39.6 Å². The molecule has 22 heteroatoms. The molecular formula is C39H38ClF6N9O5S. The number of nitrogens with zero attached hydrogens (tertiary/aromatic N) is 7. The third-order valence-electron chi connectivity index (χ3n) is 9.85. The second-order valence-corrected chi connectivity index (χ2v) is 17.0. The third-order valence-corrected chi connectivity index (χ3v) is 10.7. The Kier molecular flexibility index (Phi) is 12.1. The molecule has 1 amide bonds. The molecule has 6 aromatic rings. The van der Waals surface area contributed by atoms with Crippen LogP contribution in [0.4, 0.5) is 37.8 Å². The summed E-state index contributed by atoms with van der Waals surface area (Å²) in [7, 11) is -4.07. The lowest BCUT2D eigenvalue weighted by molar-refractivity contribution is -0.122. The molecule has 2 N–H and O–H groups in total. The number of carbonyl (C=O) groups excluding carboxylic acids is 1. The number of alkyl halides is 4. The number of fused-ring (bicyclic) bond motifs is 2. The first-order chi connectivity index (χ1) is 28.7. The van der Waals surface area contributed by atoms with Crippen LogP contribution in [0.5, 0.6) is 0 Å². The molecular weight excluding hydrogens is 856 g/mol. The fourth-order valence-electron chi connectivity index (χ4n) is 7.55. The minimum absolute atomic E-state index is 0.00683. The lowest BCUT2D eigenvalue weighted by Gasteiger charge is -2.37. The summed E-state index contributed by atoms with van der Waals surface area (Å²) in [5.41, 5.74) is -0.823. The Morgan fingerprint density at radius 3 is 2.28 bits per heavy atom. The van der Waals surface area contributed by atoms with Gasteiger partial charge in [0.15, 0.2) is 5.82 Å². The number of benzene rings is 3. The Hall–Kier alpha value is -5.67. The van der Waals surface area contributed by atoms with E-state index < -0.39 is 83.0 Å². The van der Waals surface area contributed by atoms with Crippen molar-refractivity contribution in [1.29, 1.82) is 0 Å². The second kappa shape index (κ2) is 17.0. The maximum atomic E-state index is 15.0. The zero-order chi connectivity index (χ0) is 44.1. The normalized spacial score (nSPS) is 16.6. The van der Waals surface area contributed by atoms with Gasteiger partial charge in [-0.05, 0) is 74.9 Å². The van der Waals surface area contributed by atoms with Crippen LogP contribution in [-0.2, 0) is 39.1 Å². The van der Waals surface area contributed by atoms with Crippen molar-refractivity contribution in [1.82, 2.24) is 34.4 Å². The highest BCUT2D eigenvalue weighted by Gasteiger charge is 2.30. The maximum Gasteiger partial charge on any atom is 0.282 e. The Morgan fingerprint density at radius 1 is 0.967 bits per heavy atom. The summed E-state index contributed by atoms with van der Waals surface area (Å²) in [6, 6.07) is 9.69. The number of hydrogen-bond acceptors (Lipinski definition) is 9. The van der Waals surface area contributed by atoms with Crippen LogP contribution in [0.25, 0.3) is 27.5 Å². The van der Waals surface area contributed by atoms with Gasteiger partial charge in [0.1, 0.15) is 36.2 Å². The van der Waals surface area contributed by atoms with Crippen LogP contribution in [0.2, 0.25) is 5.02 Å². The van der Waals surface area contributed by atoms with Crippen molar-refractivity contribution in [2.24, 2.45) is 0 Å². The molecule has 0 spiro atoms. The Bertz CT molecular complexity index is 2810. The minimum Gasteiger partial charge on any atom is -0.372 e. The number of halogens is 7. The minimum atomic E-state index is -4.07. The molecule has 3 atom stereocenters. The first-order valence-electron chi connectivity index (χ1n) is 18.7. The molecule has 324 valence electrons. The molecule has 0 aliphatic carbocycles. The monoisotopic (exact) mass is 893 g/mol. The Balaban J connectivity index is 1.50. The van der Waals surface area contributed by atoms with Gasteiger partial charge in [0, 0.05) is 37.0 Å². The van der Waals surface area contributed by atoms with Crippen molar-refractivity contribution in [2.45, 2.75) is 71.4 Å². The van der Waals surface area contributed by atoms with Crippen LogP contribution in [-0.4, -0.2) is 81.4 Å². The fourth-order valence-corrected chi connectivity index (χ4v) is 8.28. The summed E-state index contributed by atoms with van der Waals surface area (Å²) in [4.78, 5) is 35.9. The van der Waals surface area contributed by atoms with E-state index in [1.54, 1.807) is 12.1 Å². The van der Waals surface area contributed by atoms with Crippen LogP contribution in [0.15, 0.2) is 59.4 Å². The van der Waals surface area contributed by atoms with Crippen LogP contribution in [0.1, 0.15) is 49.1 Å². The summed E-state index contributed by atoms with van der Waals surface area (Å²) in [6.45, 7) is 4.54. The van der Waals surface area contributed by atoms with Gasteiger partial charge in [-0.25, -0.2) is 39.7 Å². The summed E-state index contributed by atoms with van der Waals surface area (Å²) < 4.78 is 121. The third kappa shape index (κ3) is 9.47. The fraction of sp³-hybridized carbons (Fsp3) is 0.359. The van der Waals surface area contributed by atoms with Gasteiger partial charge in [-0.1, -0.05) is 11.6 Å². The lowest BCUT2D eigenvalue weighted by Crippen LogP contribution is -2.45. The standard InChI is InChI=1S/C39H38ClF6N9O5S/c1-19-9-29(36(45)46)49-53(19)18-33(56)47-30(12-22-10-23(41)13-24(42)11-22)38-48-28-14-25(52-15-20(2)60-21(3)16-52)5-6-26(28)39(57)55(38)31-8-7-27(40)34-35(31)54(17-32(43)44)50-37(34)51-61(4,58)59/h5-11,13-14,20-21,30,32,36H,12,15-18H2,1-4H3,(H,47,56)(H,50,51)/t20-,21+,30-/m0/s1. The zero-order valence-electron chi connectivity index (χ0n) is 32.8. The first kappa shape index (κ1) is 43.4. The number of carbonyl (C=O) groups is 1. The average Bonchev–Trinajstić information content (AvgIpc) is 3.69. The number of anilines is 2. The maximum absolute atomic E-state index is 15.0.